The number of benzene rings is 2. The van der Waals surface area contributed by atoms with Crippen LogP contribution in [0.2, 0.25) is 0 Å². The van der Waals surface area contributed by atoms with Gasteiger partial charge in [-0.25, -0.2) is 0 Å². The van der Waals surface area contributed by atoms with E-state index in [4.69, 9.17) is 9.47 Å². The molecule has 5 nitrogen and oxygen atoms in total. The Hall–Kier alpha value is -2.21. The van der Waals surface area contributed by atoms with E-state index in [-0.39, 0.29) is 18.5 Å². The molecule has 150 valence electrons. The first-order valence-electron chi connectivity index (χ1n) is 9.90. The Morgan fingerprint density at radius 1 is 1.21 bits per heavy atom. The second-order valence-electron chi connectivity index (χ2n) is 7.33. The number of hydrogen-bond donors (Lipinski definition) is 1. The number of nitrogens with zero attached hydrogens (tertiary/aromatic N) is 1. The molecule has 2 unspecified atom stereocenters. The molecule has 1 fully saturated rings. The number of ketones is 1. The van der Waals surface area contributed by atoms with Crippen molar-refractivity contribution >= 4 is 5.78 Å². The highest BCUT2D eigenvalue weighted by Gasteiger charge is 2.21. The molecule has 1 heterocycles. The van der Waals surface area contributed by atoms with Gasteiger partial charge in [-0.15, -0.1) is 0 Å². The van der Waals surface area contributed by atoms with Gasteiger partial charge < -0.3 is 14.6 Å². The maximum atomic E-state index is 11.7. The van der Waals surface area contributed by atoms with Crippen molar-refractivity contribution in [1.82, 2.24) is 4.90 Å². The highest BCUT2D eigenvalue weighted by Crippen LogP contribution is 2.19. The van der Waals surface area contributed by atoms with E-state index in [1.807, 2.05) is 30.3 Å². The van der Waals surface area contributed by atoms with Gasteiger partial charge in [0, 0.05) is 26.2 Å². The van der Waals surface area contributed by atoms with Crippen molar-refractivity contribution in [1.29, 1.82) is 0 Å². The van der Waals surface area contributed by atoms with Gasteiger partial charge in [-0.2, -0.15) is 0 Å². The fourth-order valence-electron chi connectivity index (χ4n) is 3.54. The molecule has 2 atom stereocenters. The van der Waals surface area contributed by atoms with Crippen LogP contribution in [0.5, 0.6) is 5.75 Å². The first-order chi connectivity index (χ1) is 13.6. The first kappa shape index (κ1) is 20.5. The maximum Gasteiger partial charge on any atom is 0.163 e. The lowest BCUT2D eigenvalue weighted by molar-refractivity contribution is 0.0312. The Balaban J connectivity index is 1.58. The van der Waals surface area contributed by atoms with Gasteiger partial charge in [-0.1, -0.05) is 42.5 Å². The Labute approximate surface area is 166 Å². The fraction of sp³-hybridized carbons (Fsp3) is 0.435. The zero-order valence-electron chi connectivity index (χ0n) is 16.4. The van der Waals surface area contributed by atoms with Crippen molar-refractivity contribution < 1.29 is 19.4 Å². The summed E-state index contributed by atoms with van der Waals surface area (Å²) in [6.45, 7) is 4.50. The van der Waals surface area contributed by atoms with Crippen molar-refractivity contribution in [2.24, 2.45) is 0 Å². The molecule has 5 heteroatoms. The molecule has 0 spiro atoms. The molecule has 1 aliphatic heterocycles. The largest absolute Gasteiger partial charge is 0.490 e. The van der Waals surface area contributed by atoms with Gasteiger partial charge in [0.25, 0.3) is 0 Å². The van der Waals surface area contributed by atoms with Crippen LogP contribution in [-0.2, 0) is 11.3 Å². The number of aliphatic hydroxyl groups excluding tert-OH is 1. The van der Waals surface area contributed by atoms with Crippen molar-refractivity contribution in [3.8, 4) is 5.75 Å². The summed E-state index contributed by atoms with van der Waals surface area (Å²) < 4.78 is 11.5. The third-order valence-electron chi connectivity index (χ3n) is 4.90. The third-order valence-corrected chi connectivity index (χ3v) is 4.90. The molecule has 2 aromatic carbocycles. The molecule has 1 aliphatic rings. The van der Waals surface area contributed by atoms with Crippen LogP contribution >= 0.6 is 0 Å². The Morgan fingerprint density at radius 3 is 2.68 bits per heavy atom. The molecule has 1 N–H and O–H groups in total. The van der Waals surface area contributed by atoms with Crippen molar-refractivity contribution in [2.45, 2.75) is 38.5 Å². The number of hydrogen-bond acceptors (Lipinski definition) is 5. The van der Waals surface area contributed by atoms with Crippen molar-refractivity contribution in [3.05, 3.63) is 65.7 Å². The van der Waals surface area contributed by atoms with Gasteiger partial charge in [0.15, 0.2) is 5.78 Å². The molecule has 0 saturated carbocycles. The van der Waals surface area contributed by atoms with E-state index >= 15 is 0 Å². The number of rotatable bonds is 10. The van der Waals surface area contributed by atoms with Crippen LogP contribution in [-0.4, -0.2) is 54.3 Å². The monoisotopic (exact) mass is 383 g/mol. The van der Waals surface area contributed by atoms with Gasteiger partial charge in [-0.3, -0.25) is 9.69 Å². The minimum Gasteiger partial charge on any atom is -0.490 e. The SMILES string of the molecule is CC(=O)c1ccccc1OCC(O)CN(Cc1ccccc1)CC1CCCO1. The zero-order valence-corrected chi connectivity index (χ0v) is 16.4. The molecule has 0 amide bonds. The summed E-state index contributed by atoms with van der Waals surface area (Å²) >= 11 is 0. The summed E-state index contributed by atoms with van der Waals surface area (Å²) in [6.07, 6.45) is 1.71. The lowest BCUT2D eigenvalue weighted by atomic mass is 10.1. The standard InChI is InChI=1S/C23H29NO4/c1-18(25)22-11-5-6-12-23(22)28-17-20(26)15-24(16-21-10-7-13-27-21)14-19-8-3-2-4-9-19/h2-6,8-9,11-12,20-21,26H,7,10,13-17H2,1H3. The number of carbonyl (C=O) groups is 1. The van der Waals surface area contributed by atoms with Crippen LogP contribution in [0, 0.1) is 0 Å². The average molecular weight is 383 g/mol. The van der Waals surface area contributed by atoms with Crippen LogP contribution in [0.4, 0.5) is 0 Å². The lowest BCUT2D eigenvalue weighted by Gasteiger charge is -2.27. The maximum absolute atomic E-state index is 11.7. The molecule has 2 aromatic rings. The van der Waals surface area contributed by atoms with E-state index < -0.39 is 6.10 Å². The van der Waals surface area contributed by atoms with E-state index in [0.717, 1.165) is 32.5 Å². The average Bonchev–Trinajstić information content (AvgIpc) is 3.20. The second kappa shape index (κ2) is 10.4. The van der Waals surface area contributed by atoms with Gasteiger partial charge >= 0.3 is 0 Å². The van der Waals surface area contributed by atoms with Gasteiger partial charge in [0.2, 0.25) is 0 Å². The Morgan fingerprint density at radius 2 is 1.96 bits per heavy atom. The number of ether oxygens (including phenoxy) is 2. The van der Waals surface area contributed by atoms with E-state index in [9.17, 15) is 9.90 Å². The predicted molar refractivity (Wildman–Crippen MR) is 109 cm³/mol. The van der Waals surface area contributed by atoms with E-state index in [0.29, 0.717) is 17.9 Å². The normalized spacial score (nSPS) is 17.6. The molecular weight excluding hydrogens is 354 g/mol. The quantitative estimate of drug-likeness (QED) is 0.638. The minimum absolute atomic E-state index is 0.0471. The smallest absolute Gasteiger partial charge is 0.163 e. The van der Waals surface area contributed by atoms with Crippen LogP contribution in [0.15, 0.2) is 54.6 Å². The van der Waals surface area contributed by atoms with Crippen molar-refractivity contribution in [2.75, 3.05) is 26.3 Å². The van der Waals surface area contributed by atoms with E-state index in [1.54, 1.807) is 12.1 Å². The molecule has 0 aliphatic carbocycles. The third kappa shape index (κ3) is 6.16. The zero-order chi connectivity index (χ0) is 19.8. The van der Waals surface area contributed by atoms with Crippen LogP contribution < -0.4 is 4.74 Å². The summed E-state index contributed by atoms with van der Waals surface area (Å²) in [5.74, 6) is 0.469. The van der Waals surface area contributed by atoms with Crippen LogP contribution in [0.1, 0.15) is 35.7 Å². The number of para-hydroxylation sites is 1. The minimum atomic E-state index is -0.662. The number of aliphatic hydroxyl groups is 1. The summed E-state index contributed by atoms with van der Waals surface area (Å²) in [4.78, 5) is 13.9. The summed E-state index contributed by atoms with van der Waals surface area (Å²) in [5.41, 5.74) is 1.74. The van der Waals surface area contributed by atoms with Crippen molar-refractivity contribution in [3.63, 3.8) is 0 Å². The van der Waals surface area contributed by atoms with E-state index in [1.165, 1.54) is 12.5 Å². The fourth-order valence-corrected chi connectivity index (χ4v) is 3.54. The molecule has 3 rings (SSSR count). The Bertz CT molecular complexity index is 743. The highest BCUT2D eigenvalue weighted by atomic mass is 16.5. The molecular formula is C23H29NO4. The van der Waals surface area contributed by atoms with Gasteiger partial charge in [0.1, 0.15) is 18.5 Å². The van der Waals surface area contributed by atoms with Gasteiger partial charge in [0.05, 0.1) is 11.7 Å². The van der Waals surface area contributed by atoms with Crippen LogP contribution in [0.3, 0.4) is 0 Å². The topological polar surface area (TPSA) is 59.0 Å². The number of carbonyl (C=O) groups excluding carboxylic acids is 1. The summed E-state index contributed by atoms with van der Waals surface area (Å²) in [7, 11) is 0. The molecule has 0 bridgehead atoms. The second-order valence-corrected chi connectivity index (χ2v) is 7.33. The molecule has 0 radical (unpaired) electrons. The highest BCUT2D eigenvalue weighted by molar-refractivity contribution is 5.96. The molecule has 0 aromatic heterocycles. The summed E-state index contributed by atoms with van der Waals surface area (Å²) in [6, 6.07) is 17.4. The first-order valence-corrected chi connectivity index (χ1v) is 9.90. The predicted octanol–water partition coefficient (Wildman–Crippen LogP) is 3.31. The van der Waals surface area contributed by atoms with Crippen LogP contribution in [0.25, 0.3) is 0 Å². The Kier molecular flexibility index (Phi) is 7.60. The summed E-state index contributed by atoms with van der Waals surface area (Å²) in [5, 5.41) is 10.6. The molecule has 1 saturated heterocycles. The molecule has 28 heavy (non-hydrogen) atoms. The lowest BCUT2D eigenvalue weighted by Crippen LogP contribution is -2.39. The van der Waals surface area contributed by atoms with Gasteiger partial charge in [-0.05, 0) is 37.5 Å². The number of Topliss-reactive ketones (excluding diaryl/α,β-unsaturated/α-hetero) is 1. The van der Waals surface area contributed by atoms with E-state index in [2.05, 4.69) is 17.0 Å².